The predicted octanol–water partition coefficient (Wildman–Crippen LogP) is 0.831. The number of nitrogens with one attached hydrogen (secondary N) is 1. The molecule has 0 bridgehead atoms. The summed E-state index contributed by atoms with van der Waals surface area (Å²) in [6.45, 7) is 8.03. The van der Waals surface area contributed by atoms with Crippen LogP contribution in [0.25, 0.3) is 0 Å². The van der Waals surface area contributed by atoms with Crippen molar-refractivity contribution in [2.45, 2.75) is 45.2 Å². The van der Waals surface area contributed by atoms with E-state index in [-0.39, 0.29) is 0 Å². The lowest BCUT2D eigenvalue weighted by atomic mass is 10.2. The SMILES string of the molecule is CCNC(CCO)CN1CCCC1C. The van der Waals surface area contributed by atoms with Crippen molar-refractivity contribution in [2.75, 3.05) is 26.2 Å². The van der Waals surface area contributed by atoms with Gasteiger partial charge in [0, 0.05) is 25.2 Å². The maximum absolute atomic E-state index is 8.94. The fourth-order valence-electron chi connectivity index (χ4n) is 2.25. The molecular weight excluding hydrogens is 176 g/mol. The summed E-state index contributed by atoms with van der Waals surface area (Å²) in [4.78, 5) is 2.53. The van der Waals surface area contributed by atoms with Gasteiger partial charge in [-0.25, -0.2) is 0 Å². The highest BCUT2D eigenvalue weighted by Gasteiger charge is 2.22. The first-order chi connectivity index (χ1) is 6.77. The average Bonchev–Trinajstić information content (AvgIpc) is 2.53. The molecule has 1 fully saturated rings. The summed E-state index contributed by atoms with van der Waals surface area (Å²) in [6, 6.07) is 1.19. The van der Waals surface area contributed by atoms with Crippen LogP contribution in [-0.2, 0) is 0 Å². The second-order valence-electron chi connectivity index (χ2n) is 4.25. The Hall–Kier alpha value is -0.120. The van der Waals surface area contributed by atoms with Crippen LogP contribution in [0.15, 0.2) is 0 Å². The molecule has 2 atom stereocenters. The van der Waals surface area contributed by atoms with E-state index in [1.807, 2.05) is 0 Å². The van der Waals surface area contributed by atoms with Crippen molar-refractivity contribution in [3.05, 3.63) is 0 Å². The fourth-order valence-corrected chi connectivity index (χ4v) is 2.25. The second kappa shape index (κ2) is 6.38. The van der Waals surface area contributed by atoms with Gasteiger partial charge in [0.05, 0.1) is 0 Å². The van der Waals surface area contributed by atoms with Crippen LogP contribution in [-0.4, -0.2) is 48.3 Å². The van der Waals surface area contributed by atoms with Crippen LogP contribution < -0.4 is 5.32 Å². The van der Waals surface area contributed by atoms with Crippen LogP contribution in [0.3, 0.4) is 0 Å². The molecule has 2 N–H and O–H groups in total. The molecule has 1 rings (SSSR count). The zero-order valence-electron chi connectivity index (χ0n) is 9.50. The molecule has 1 aliphatic rings. The van der Waals surface area contributed by atoms with Crippen LogP contribution in [0.2, 0.25) is 0 Å². The zero-order chi connectivity index (χ0) is 10.4. The Bertz CT molecular complexity index is 146. The molecular formula is C11H24N2O. The van der Waals surface area contributed by atoms with Gasteiger partial charge in [0.25, 0.3) is 0 Å². The fraction of sp³-hybridized carbons (Fsp3) is 1.00. The van der Waals surface area contributed by atoms with E-state index in [4.69, 9.17) is 5.11 Å². The van der Waals surface area contributed by atoms with Gasteiger partial charge in [-0.15, -0.1) is 0 Å². The van der Waals surface area contributed by atoms with Crippen molar-refractivity contribution < 1.29 is 5.11 Å². The number of nitrogens with zero attached hydrogens (tertiary/aromatic N) is 1. The van der Waals surface area contributed by atoms with Crippen LogP contribution in [0.4, 0.5) is 0 Å². The number of hydrogen-bond acceptors (Lipinski definition) is 3. The Morgan fingerprint density at radius 2 is 2.36 bits per heavy atom. The molecule has 0 spiro atoms. The minimum Gasteiger partial charge on any atom is -0.396 e. The van der Waals surface area contributed by atoms with Crippen molar-refractivity contribution in [3.8, 4) is 0 Å². The predicted molar refractivity (Wildman–Crippen MR) is 59.4 cm³/mol. The molecule has 0 aromatic rings. The highest BCUT2D eigenvalue weighted by molar-refractivity contribution is 4.80. The molecule has 3 heteroatoms. The number of hydrogen-bond donors (Lipinski definition) is 2. The highest BCUT2D eigenvalue weighted by atomic mass is 16.3. The molecule has 14 heavy (non-hydrogen) atoms. The molecule has 0 aromatic heterocycles. The zero-order valence-corrected chi connectivity index (χ0v) is 9.50. The maximum atomic E-state index is 8.94. The van der Waals surface area contributed by atoms with Gasteiger partial charge in [0.15, 0.2) is 0 Å². The van der Waals surface area contributed by atoms with E-state index in [9.17, 15) is 0 Å². The van der Waals surface area contributed by atoms with Gasteiger partial charge in [-0.05, 0) is 39.3 Å². The molecule has 0 radical (unpaired) electrons. The average molecular weight is 200 g/mol. The number of likely N-dealkylation sites (tertiary alicyclic amines) is 1. The largest absolute Gasteiger partial charge is 0.396 e. The van der Waals surface area contributed by atoms with Gasteiger partial charge in [-0.3, -0.25) is 4.90 Å². The lowest BCUT2D eigenvalue weighted by Crippen LogP contribution is -2.42. The summed E-state index contributed by atoms with van der Waals surface area (Å²) in [7, 11) is 0. The summed E-state index contributed by atoms with van der Waals surface area (Å²) in [6.07, 6.45) is 3.54. The van der Waals surface area contributed by atoms with Crippen LogP contribution in [0.5, 0.6) is 0 Å². The Kier molecular flexibility index (Phi) is 5.45. The van der Waals surface area contributed by atoms with Gasteiger partial charge >= 0.3 is 0 Å². The summed E-state index contributed by atoms with van der Waals surface area (Å²) < 4.78 is 0. The third-order valence-corrected chi connectivity index (χ3v) is 3.12. The molecule has 0 aliphatic carbocycles. The minimum atomic E-state index is 0.292. The Balaban J connectivity index is 2.29. The van der Waals surface area contributed by atoms with Crippen LogP contribution >= 0.6 is 0 Å². The topological polar surface area (TPSA) is 35.5 Å². The van der Waals surface area contributed by atoms with Crippen LogP contribution in [0.1, 0.15) is 33.1 Å². The quantitative estimate of drug-likeness (QED) is 0.667. The van der Waals surface area contributed by atoms with Gasteiger partial charge < -0.3 is 10.4 Å². The molecule has 1 aliphatic heterocycles. The third-order valence-electron chi connectivity index (χ3n) is 3.12. The summed E-state index contributed by atoms with van der Waals surface area (Å²) in [5.74, 6) is 0. The van der Waals surface area contributed by atoms with Gasteiger partial charge in [0.1, 0.15) is 0 Å². The second-order valence-corrected chi connectivity index (χ2v) is 4.25. The van der Waals surface area contributed by atoms with E-state index in [0.29, 0.717) is 12.6 Å². The summed E-state index contributed by atoms with van der Waals surface area (Å²) in [5, 5.41) is 12.4. The first-order valence-electron chi connectivity index (χ1n) is 5.86. The normalized spacial score (nSPS) is 25.5. The molecule has 0 aromatic carbocycles. The minimum absolute atomic E-state index is 0.292. The van der Waals surface area contributed by atoms with Gasteiger partial charge in [0.2, 0.25) is 0 Å². The van der Waals surface area contributed by atoms with Crippen molar-refractivity contribution in [1.82, 2.24) is 10.2 Å². The highest BCUT2D eigenvalue weighted by Crippen LogP contribution is 2.16. The number of likely N-dealkylation sites (N-methyl/N-ethyl adjacent to an activating group) is 1. The summed E-state index contributed by atoms with van der Waals surface area (Å²) in [5.41, 5.74) is 0. The molecule has 0 amide bonds. The Morgan fingerprint density at radius 3 is 2.86 bits per heavy atom. The monoisotopic (exact) mass is 200 g/mol. The van der Waals surface area contributed by atoms with E-state index in [1.165, 1.54) is 19.4 Å². The molecule has 1 saturated heterocycles. The molecule has 84 valence electrons. The first-order valence-corrected chi connectivity index (χ1v) is 5.86. The van der Waals surface area contributed by atoms with E-state index in [1.54, 1.807) is 0 Å². The van der Waals surface area contributed by atoms with Gasteiger partial charge in [-0.2, -0.15) is 0 Å². The lowest BCUT2D eigenvalue weighted by molar-refractivity contribution is 0.205. The molecule has 2 unspecified atom stereocenters. The van der Waals surface area contributed by atoms with E-state index in [0.717, 1.165) is 25.6 Å². The standard InChI is InChI=1S/C11H24N2O/c1-3-12-11(6-8-14)9-13-7-4-5-10(13)2/h10-12,14H,3-9H2,1-2H3. The van der Waals surface area contributed by atoms with E-state index < -0.39 is 0 Å². The van der Waals surface area contributed by atoms with Crippen molar-refractivity contribution in [1.29, 1.82) is 0 Å². The molecule has 3 nitrogen and oxygen atoms in total. The smallest absolute Gasteiger partial charge is 0.0446 e. The third kappa shape index (κ3) is 3.56. The van der Waals surface area contributed by atoms with Gasteiger partial charge in [-0.1, -0.05) is 6.92 Å². The Labute approximate surface area is 87.5 Å². The number of aliphatic hydroxyl groups is 1. The van der Waals surface area contributed by atoms with Crippen molar-refractivity contribution in [2.24, 2.45) is 0 Å². The maximum Gasteiger partial charge on any atom is 0.0446 e. The van der Waals surface area contributed by atoms with Crippen molar-refractivity contribution >= 4 is 0 Å². The van der Waals surface area contributed by atoms with Crippen molar-refractivity contribution in [3.63, 3.8) is 0 Å². The molecule has 1 heterocycles. The Morgan fingerprint density at radius 1 is 1.57 bits per heavy atom. The van der Waals surface area contributed by atoms with E-state index >= 15 is 0 Å². The number of aliphatic hydroxyl groups excluding tert-OH is 1. The lowest BCUT2D eigenvalue weighted by Gasteiger charge is -2.27. The van der Waals surface area contributed by atoms with Crippen LogP contribution in [0, 0.1) is 0 Å². The summed E-state index contributed by atoms with van der Waals surface area (Å²) >= 11 is 0. The first kappa shape index (κ1) is 12.0. The molecule has 0 saturated carbocycles. The van der Waals surface area contributed by atoms with E-state index in [2.05, 4.69) is 24.1 Å². The number of rotatable bonds is 6.